The number of rotatable bonds is 2. The fraction of sp³-hybridized carbons (Fsp3) is 0.273. The predicted octanol–water partition coefficient (Wildman–Crippen LogP) is 2.39. The van der Waals surface area contributed by atoms with E-state index in [1.807, 2.05) is 0 Å². The Morgan fingerprint density at radius 2 is 2.00 bits per heavy atom. The highest BCUT2D eigenvalue weighted by molar-refractivity contribution is 6.32. The van der Waals surface area contributed by atoms with Gasteiger partial charge in [-0.3, -0.25) is 4.79 Å². The van der Waals surface area contributed by atoms with E-state index < -0.39 is 5.97 Å². The molecule has 0 aliphatic carbocycles. The monoisotopic (exact) mass is 241 g/mol. The summed E-state index contributed by atoms with van der Waals surface area (Å²) in [5.41, 5.74) is 1.39. The highest BCUT2D eigenvalue weighted by atomic mass is 35.5. The lowest BCUT2D eigenvalue weighted by Gasteiger charge is -2.10. The van der Waals surface area contributed by atoms with E-state index in [1.54, 1.807) is 13.0 Å². The van der Waals surface area contributed by atoms with Crippen LogP contribution in [0.3, 0.4) is 0 Å². The van der Waals surface area contributed by atoms with E-state index >= 15 is 0 Å². The van der Waals surface area contributed by atoms with Crippen LogP contribution in [0, 0.1) is 6.92 Å². The van der Waals surface area contributed by atoms with Gasteiger partial charge in [0.2, 0.25) is 5.91 Å². The van der Waals surface area contributed by atoms with Gasteiger partial charge in [0.1, 0.15) is 0 Å². The molecule has 0 bridgehead atoms. The molecule has 4 nitrogen and oxygen atoms in total. The third-order valence-corrected chi connectivity index (χ3v) is 2.42. The standard InChI is InChI=1S/C11H12ClNO3/c1-6-4-8(11(15)16-3)10(5-9(6)12)13-7(2)14/h4-5H,1-3H3,(H,13,14). The lowest BCUT2D eigenvalue weighted by Crippen LogP contribution is -2.12. The molecule has 1 amide bonds. The molecule has 0 unspecified atom stereocenters. The second kappa shape index (κ2) is 4.99. The Morgan fingerprint density at radius 1 is 1.38 bits per heavy atom. The Kier molecular flexibility index (Phi) is 3.90. The van der Waals surface area contributed by atoms with Crippen molar-refractivity contribution in [2.24, 2.45) is 0 Å². The molecule has 1 aromatic rings. The van der Waals surface area contributed by atoms with E-state index in [2.05, 4.69) is 10.1 Å². The Labute approximate surface area is 98.5 Å². The minimum absolute atomic E-state index is 0.273. The number of anilines is 1. The van der Waals surface area contributed by atoms with Crippen molar-refractivity contribution in [3.8, 4) is 0 Å². The van der Waals surface area contributed by atoms with E-state index in [0.29, 0.717) is 16.3 Å². The molecule has 0 aromatic heterocycles. The first-order valence-electron chi connectivity index (χ1n) is 4.61. The van der Waals surface area contributed by atoms with Crippen LogP contribution in [0.4, 0.5) is 5.69 Å². The molecular weight excluding hydrogens is 230 g/mol. The van der Waals surface area contributed by atoms with E-state index in [4.69, 9.17) is 11.6 Å². The Hall–Kier alpha value is -1.55. The number of hydrogen-bond donors (Lipinski definition) is 1. The summed E-state index contributed by atoms with van der Waals surface area (Å²) >= 11 is 5.91. The van der Waals surface area contributed by atoms with E-state index in [-0.39, 0.29) is 5.91 Å². The fourth-order valence-electron chi connectivity index (χ4n) is 1.25. The highest BCUT2D eigenvalue weighted by Crippen LogP contribution is 2.25. The average molecular weight is 242 g/mol. The lowest BCUT2D eigenvalue weighted by molar-refractivity contribution is -0.114. The quantitative estimate of drug-likeness (QED) is 0.809. The summed E-state index contributed by atoms with van der Waals surface area (Å²) in [5.74, 6) is -0.784. The number of amides is 1. The molecule has 0 spiro atoms. The van der Waals surface area contributed by atoms with Crippen molar-refractivity contribution in [2.75, 3.05) is 12.4 Å². The van der Waals surface area contributed by atoms with E-state index in [9.17, 15) is 9.59 Å². The number of benzene rings is 1. The number of halogens is 1. The van der Waals surface area contributed by atoms with Gasteiger partial charge in [-0.15, -0.1) is 0 Å². The third-order valence-electron chi connectivity index (χ3n) is 2.01. The van der Waals surface area contributed by atoms with Crippen molar-refractivity contribution in [1.29, 1.82) is 0 Å². The van der Waals surface area contributed by atoms with Crippen LogP contribution in [0.25, 0.3) is 0 Å². The van der Waals surface area contributed by atoms with Crippen molar-refractivity contribution in [2.45, 2.75) is 13.8 Å². The molecule has 1 aromatic carbocycles. The minimum atomic E-state index is -0.511. The van der Waals surface area contributed by atoms with Crippen molar-refractivity contribution >= 4 is 29.2 Å². The average Bonchev–Trinajstić information content (AvgIpc) is 2.21. The maximum Gasteiger partial charge on any atom is 0.339 e. The molecule has 0 radical (unpaired) electrons. The van der Waals surface area contributed by atoms with Crippen LogP contribution in [0.15, 0.2) is 12.1 Å². The molecular formula is C11H12ClNO3. The number of esters is 1. The summed E-state index contributed by atoms with van der Waals surface area (Å²) in [6, 6.07) is 3.12. The van der Waals surface area contributed by atoms with Crippen LogP contribution in [0.1, 0.15) is 22.8 Å². The lowest BCUT2D eigenvalue weighted by atomic mass is 10.1. The predicted molar refractivity (Wildman–Crippen MR) is 61.8 cm³/mol. The largest absolute Gasteiger partial charge is 0.465 e. The summed E-state index contributed by atoms with van der Waals surface area (Å²) in [4.78, 5) is 22.4. The second-order valence-electron chi connectivity index (χ2n) is 3.32. The van der Waals surface area contributed by atoms with Crippen molar-refractivity contribution in [1.82, 2.24) is 0 Å². The van der Waals surface area contributed by atoms with Gasteiger partial charge in [0, 0.05) is 11.9 Å². The zero-order valence-electron chi connectivity index (χ0n) is 9.26. The highest BCUT2D eigenvalue weighted by Gasteiger charge is 2.14. The third kappa shape index (κ3) is 2.73. The van der Waals surface area contributed by atoms with Gasteiger partial charge >= 0.3 is 5.97 Å². The zero-order chi connectivity index (χ0) is 12.3. The SMILES string of the molecule is COC(=O)c1cc(C)c(Cl)cc1NC(C)=O. The number of carbonyl (C=O) groups is 2. The van der Waals surface area contributed by atoms with Crippen LogP contribution in [0.5, 0.6) is 0 Å². The van der Waals surface area contributed by atoms with Gasteiger partial charge in [0.05, 0.1) is 18.4 Å². The van der Waals surface area contributed by atoms with Gasteiger partial charge in [-0.1, -0.05) is 11.6 Å². The van der Waals surface area contributed by atoms with Gasteiger partial charge in [-0.25, -0.2) is 4.79 Å². The van der Waals surface area contributed by atoms with Gasteiger partial charge in [0.25, 0.3) is 0 Å². The molecule has 5 heteroatoms. The normalized spacial score (nSPS) is 9.75. The summed E-state index contributed by atoms with van der Waals surface area (Å²) in [7, 11) is 1.28. The summed E-state index contributed by atoms with van der Waals surface area (Å²) in [6.45, 7) is 3.13. The van der Waals surface area contributed by atoms with Crippen LogP contribution in [-0.2, 0) is 9.53 Å². The molecule has 86 valence electrons. The van der Waals surface area contributed by atoms with Crippen LogP contribution < -0.4 is 5.32 Å². The molecule has 1 rings (SSSR count). The fourth-order valence-corrected chi connectivity index (χ4v) is 1.42. The van der Waals surface area contributed by atoms with Crippen LogP contribution in [0.2, 0.25) is 5.02 Å². The summed E-state index contributed by atoms with van der Waals surface area (Å²) < 4.78 is 4.62. The van der Waals surface area contributed by atoms with Crippen LogP contribution >= 0.6 is 11.6 Å². The Bertz CT molecular complexity index is 443. The molecule has 0 heterocycles. The summed E-state index contributed by atoms with van der Waals surface area (Å²) in [5, 5.41) is 3.02. The number of hydrogen-bond acceptors (Lipinski definition) is 3. The van der Waals surface area contributed by atoms with Crippen LogP contribution in [-0.4, -0.2) is 19.0 Å². The van der Waals surface area contributed by atoms with Crippen molar-refractivity contribution < 1.29 is 14.3 Å². The minimum Gasteiger partial charge on any atom is -0.465 e. The molecule has 0 fully saturated rings. The van der Waals surface area contributed by atoms with Gasteiger partial charge < -0.3 is 10.1 Å². The zero-order valence-corrected chi connectivity index (χ0v) is 10.0. The molecule has 0 saturated carbocycles. The molecule has 0 saturated heterocycles. The Morgan fingerprint density at radius 3 is 2.50 bits per heavy atom. The number of methoxy groups -OCH3 is 1. The number of ether oxygens (including phenoxy) is 1. The summed E-state index contributed by atoms with van der Waals surface area (Å²) in [6.07, 6.45) is 0. The van der Waals surface area contributed by atoms with E-state index in [0.717, 1.165) is 5.56 Å². The maximum atomic E-state index is 11.5. The topological polar surface area (TPSA) is 55.4 Å². The van der Waals surface area contributed by atoms with Gasteiger partial charge in [-0.05, 0) is 24.6 Å². The van der Waals surface area contributed by atoms with Gasteiger partial charge in [0.15, 0.2) is 0 Å². The Balaban J connectivity index is 3.27. The molecule has 0 atom stereocenters. The molecule has 1 N–H and O–H groups in total. The molecule has 0 aliphatic heterocycles. The first-order valence-corrected chi connectivity index (χ1v) is 4.99. The first-order chi connectivity index (χ1) is 7.45. The van der Waals surface area contributed by atoms with Crippen molar-refractivity contribution in [3.05, 3.63) is 28.3 Å². The smallest absolute Gasteiger partial charge is 0.339 e. The molecule has 0 aliphatic rings. The van der Waals surface area contributed by atoms with Crippen molar-refractivity contribution in [3.63, 3.8) is 0 Å². The second-order valence-corrected chi connectivity index (χ2v) is 3.73. The van der Waals surface area contributed by atoms with Gasteiger partial charge in [-0.2, -0.15) is 0 Å². The number of aryl methyl sites for hydroxylation is 1. The molecule has 16 heavy (non-hydrogen) atoms. The maximum absolute atomic E-state index is 11.5. The van der Waals surface area contributed by atoms with E-state index in [1.165, 1.54) is 20.1 Å². The number of nitrogens with one attached hydrogen (secondary N) is 1. The number of carbonyl (C=O) groups excluding carboxylic acids is 2. The first kappa shape index (κ1) is 12.5.